The highest BCUT2D eigenvalue weighted by Crippen LogP contribution is 2.27. The van der Waals surface area contributed by atoms with Crippen molar-refractivity contribution in [1.29, 1.82) is 0 Å². The van der Waals surface area contributed by atoms with Gasteiger partial charge in [-0.1, -0.05) is 0 Å². The molecule has 0 amide bonds. The van der Waals surface area contributed by atoms with Gasteiger partial charge in [0, 0.05) is 0 Å². The molecule has 3 nitrogen and oxygen atoms in total. The summed E-state index contributed by atoms with van der Waals surface area (Å²) in [6, 6.07) is 0. The van der Waals surface area contributed by atoms with E-state index in [-0.39, 0.29) is 0 Å². The van der Waals surface area contributed by atoms with Crippen LogP contribution in [0.1, 0.15) is 38.5 Å². The fourth-order valence-corrected chi connectivity index (χ4v) is 2.71. The molecule has 88 valence electrons. The molecule has 0 aromatic rings. The van der Waals surface area contributed by atoms with E-state index in [1.54, 1.807) is 0 Å². The zero-order valence-corrected chi connectivity index (χ0v) is 9.58. The molecule has 0 spiro atoms. The summed E-state index contributed by atoms with van der Waals surface area (Å²) in [5.41, 5.74) is 5.68. The van der Waals surface area contributed by atoms with Gasteiger partial charge >= 0.3 is 0 Å². The van der Waals surface area contributed by atoms with Crippen LogP contribution in [0.4, 0.5) is 0 Å². The first-order valence-corrected chi connectivity index (χ1v) is 6.44. The highest BCUT2D eigenvalue weighted by Gasteiger charge is 2.24. The predicted octanol–water partition coefficient (Wildman–Crippen LogP) is 1.27. The van der Waals surface area contributed by atoms with Gasteiger partial charge in [0.15, 0.2) is 0 Å². The minimum absolute atomic E-state index is 0.519. The quantitative estimate of drug-likeness (QED) is 0.740. The van der Waals surface area contributed by atoms with Gasteiger partial charge < -0.3 is 15.8 Å². The lowest BCUT2D eigenvalue weighted by atomic mass is 9.87. The molecule has 1 aliphatic carbocycles. The molecule has 1 aliphatic heterocycles. The van der Waals surface area contributed by atoms with Gasteiger partial charge in [0.1, 0.15) is 0 Å². The Balaban J connectivity index is 1.67. The van der Waals surface area contributed by atoms with Crippen LogP contribution in [0.3, 0.4) is 0 Å². The Labute approximate surface area is 92.7 Å². The molecule has 2 fully saturated rings. The average molecular weight is 212 g/mol. The minimum Gasteiger partial charge on any atom is -0.375 e. The van der Waals surface area contributed by atoms with Gasteiger partial charge in [-0.05, 0) is 64.1 Å². The molecule has 3 N–H and O–H groups in total. The van der Waals surface area contributed by atoms with Gasteiger partial charge in [-0.2, -0.15) is 0 Å². The van der Waals surface area contributed by atoms with E-state index in [0.717, 1.165) is 25.6 Å². The van der Waals surface area contributed by atoms with Crippen molar-refractivity contribution >= 4 is 0 Å². The van der Waals surface area contributed by atoms with E-state index in [2.05, 4.69) is 5.32 Å². The van der Waals surface area contributed by atoms with E-state index >= 15 is 0 Å². The Morgan fingerprint density at radius 2 is 1.53 bits per heavy atom. The van der Waals surface area contributed by atoms with Gasteiger partial charge in [-0.25, -0.2) is 0 Å². The van der Waals surface area contributed by atoms with Crippen LogP contribution in [0.15, 0.2) is 0 Å². The molecule has 0 aromatic heterocycles. The highest BCUT2D eigenvalue weighted by atomic mass is 16.5. The molecule has 3 heteroatoms. The molecule has 0 unspecified atom stereocenters. The number of piperidine rings is 1. The normalized spacial score (nSPS) is 34.2. The highest BCUT2D eigenvalue weighted by molar-refractivity contribution is 4.76. The van der Waals surface area contributed by atoms with E-state index in [1.807, 2.05) is 0 Å². The van der Waals surface area contributed by atoms with Crippen molar-refractivity contribution in [2.24, 2.45) is 11.7 Å². The topological polar surface area (TPSA) is 47.3 Å². The van der Waals surface area contributed by atoms with Crippen LogP contribution in [0, 0.1) is 5.92 Å². The SMILES string of the molecule is NCC1CCC(OC2CCNCC2)CC1. The third-order valence-electron chi connectivity index (χ3n) is 3.80. The zero-order chi connectivity index (χ0) is 10.5. The Hall–Kier alpha value is -0.120. The lowest BCUT2D eigenvalue weighted by molar-refractivity contribution is -0.0474. The van der Waals surface area contributed by atoms with E-state index < -0.39 is 0 Å². The first-order chi connectivity index (χ1) is 7.38. The molecule has 2 aliphatic rings. The Kier molecular flexibility index (Phi) is 4.42. The maximum Gasteiger partial charge on any atom is 0.0603 e. The Morgan fingerprint density at radius 1 is 0.933 bits per heavy atom. The number of nitrogens with one attached hydrogen (secondary N) is 1. The van der Waals surface area contributed by atoms with Crippen molar-refractivity contribution < 1.29 is 4.74 Å². The van der Waals surface area contributed by atoms with Crippen LogP contribution in [0.5, 0.6) is 0 Å². The van der Waals surface area contributed by atoms with Crippen LogP contribution >= 0.6 is 0 Å². The van der Waals surface area contributed by atoms with Crippen LogP contribution in [-0.4, -0.2) is 31.8 Å². The van der Waals surface area contributed by atoms with E-state index in [0.29, 0.717) is 12.2 Å². The number of hydrogen-bond acceptors (Lipinski definition) is 3. The van der Waals surface area contributed by atoms with Gasteiger partial charge in [-0.3, -0.25) is 0 Å². The number of ether oxygens (including phenoxy) is 1. The van der Waals surface area contributed by atoms with Crippen molar-refractivity contribution in [3.05, 3.63) is 0 Å². The van der Waals surface area contributed by atoms with Crippen molar-refractivity contribution in [3.8, 4) is 0 Å². The molecule has 1 saturated carbocycles. The lowest BCUT2D eigenvalue weighted by Crippen LogP contribution is -2.36. The maximum absolute atomic E-state index is 6.14. The average Bonchev–Trinajstić information content (AvgIpc) is 2.31. The molecule has 0 atom stereocenters. The summed E-state index contributed by atoms with van der Waals surface area (Å²) in [6.07, 6.45) is 8.42. The third-order valence-corrected chi connectivity index (χ3v) is 3.80. The molecule has 0 aromatic carbocycles. The van der Waals surface area contributed by atoms with Crippen LogP contribution < -0.4 is 11.1 Å². The molecule has 0 bridgehead atoms. The van der Waals surface area contributed by atoms with Crippen molar-refractivity contribution in [3.63, 3.8) is 0 Å². The van der Waals surface area contributed by atoms with Crippen molar-refractivity contribution in [1.82, 2.24) is 5.32 Å². The Bertz CT molecular complexity index is 172. The number of hydrogen-bond donors (Lipinski definition) is 2. The molecular formula is C12H24N2O. The van der Waals surface area contributed by atoms with Crippen molar-refractivity contribution in [2.45, 2.75) is 50.7 Å². The summed E-state index contributed by atoms with van der Waals surface area (Å²) in [5, 5.41) is 3.37. The molecule has 2 rings (SSSR count). The third kappa shape index (κ3) is 3.44. The monoisotopic (exact) mass is 212 g/mol. The van der Waals surface area contributed by atoms with Crippen molar-refractivity contribution in [2.75, 3.05) is 19.6 Å². The number of nitrogens with two attached hydrogens (primary N) is 1. The number of rotatable bonds is 3. The lowest BCUT2D eigenvalue weighted by Gasteiger charge is -2.32. The van der Waals surface area contributed by atoms with Crippen LogP contribution in [0.2, 0.25) is 0 Å². The first-order valence-electron chi connectivity index (χ1n) is 6.44. The minimum atomic E-state index is 0.519. The maximum atomic E-state index is 6.14. The second-order valence-electron chi connectivity index (χ2n) is 4.96. The molecule has 0 radical (unpaired) electrons. The summed E-state index contributed by atoms with van der Waals surface area (Å²) >= 11 is 0. The summed E-state index contributed by atoms with van der Waals surface area (Å²) in [7, 11) is 0. The second kappa shape index (κ2) is 5.83. The van der Waals surface area contributed by atoms with Gasteiger partial charge in [0.2, 0.25) is 0 Å². The van der Waals surface area contributed by atoms with E-state index in [9.17, 15) is 0 Å². The molecule has 1 heterocycles. The van der Waals surface area contributed by atoms with E-state index in [1.165, 1.54) is 38.5 Å². The summed E-state index contributed by atoms with van der Waals surface area (Å²) in [4.78, 5) is 0. The largest absolute Gasteiger partial charge is 0.375 e. The summed E-state index contributed by atoms with van der Waals surface area (Å²) in [5.74, 6) is 0.762. The molecule has 1 saturated heterocycles. The summed E-state index contributed by atoms with van der Waals surface area (Å²) in [6.45, 7) is 3.12. The second-order valence-corrected chi connectivity index (χ2v) is 4.96. The van der Waals surface area contributed by atoms with Crippen LogP contribution in [0.25, 0.3) is 0 Å². The summed E-state index contributed by atoms with van der Waals surface area (Å²) < 4.78 is 6.14. The van der Waals surface area contributed by atoms with Gasteiger partial charge in [0.05, 0.1) is 12.2 Å². The van der Waals surface area contributed by atoms with E-state index in [4.69, 9.17) is 10.5 Å². The fraction of sp³-hybridized carbons (Fsp3) is 1.00. The predicted molar refractivity (Wildman–Crippen MR) is 61.8 cm³/mol. The zero-order valence-electron chi connectivity index (χ0n) is 9.58. The standard InChI is InChI=1S/C12H24N2O/c13-9-10-1-3-11(4-2-10)15-12-5-7-14-8-6-12/h10-12,14H,1-9,13H2. The molecular weight excluding hydrogens is 188 g/mol. The Morgan fingerprint density at radius 3 is 2.13 bits per heavy atom. The first kappa shape index (κ1) is 11.4. The fourth-order valence-electron chi connectivity index (χ4n) is 2.71. The van der Waals surface area contributed by atoms with Gasteiger partial charge in [-0.15, -0.1) is 0 Å². The van der Waals surface area contributed by atoms with Crippen LogP contribution in [-0.2, 0) is 4.74 Å². The van der Waals surface area contributed by atoms with Gasteiger partial charge in [0.25, 0.3) is 0 Å². The smallest absolute Gasteiger partial charge is 0.0603 e. The molecule has 15 heavy (non-hydrogen) atoms.